The van der Waals surface area contributed by atoms with E-state index in [1.807, 2.05) is 0 Å². The van der Waals surface area contributed by atoms with Crippen LogP contribution in [-0.2, 0) is 14.6 Å². The molecule has 0 aromatic carbocycles. The maximum atomic E-state index is 12.2. The molecule has 0 aliphatic carbocycles. The minimum atomic E-state index is -3.39. The third-order valence-electron chi connectivity index (χ3n) is 4.32. The van der Waals surface area contributed by atoms with E-state index in [2.05, 4.69) is 9.88 Å². The van der Waals surface area contributed by atoms with Gasteiger partial charge in [-0.05, 0) is 44.5 Å². The zero-order chi connectivity index (χ0) is 14.2. The lowest BCUT2D eigenvalue weighted by Crippen LogP contribution is -2.55. The first-order valence-electron chi connectivity index (χ1n) is 6.99. The van der Waals surface area contributed by atoms with Gasteiger partial charge < -0.3 is 0 Å². The van der Waals surface area contributed by atoms with Crippen LogP contribution in [0.3, 0.4) is 0 Å². The van der Waals surface area contributed by atoms with Crippen molar-refractivity contribution in [2.75, 3.05) is 18.8 Å². The molecule has 0 radical (unpaired) electrons. The van der Waals surface area contributed by atoms with E-state index in [0.29, 0.717) is 6.42 Å². The summed E-state index contributed by atoms with van der Waals surface area (Å²) < 4.78 is 24.4. The number of rotatable bonds is 4. The fourth-order valence-electron chi connectivity index (χ4n) is 3.17. The summed E-state index contributed by atoms with van der Waals surface area (Å²) in [6, 6.07) is 4.65. The zero-order valence-corrected chi connectivity index (χ0v) is 12.1. The van der Waals surface area contributed by atoms with E-state index in [0.717, 1.165) is 25.9 Å². The van der Waals surface area contributed by atoms with Crippen LogP contribution in [0.15, 0.2) is 29.4 Å². The molecule has 2 bridgehead atoms. The fourth-order valence-corrected chi connectivity index (χ4v) is 4.42. The van der Waals surface area contributed by atoms with Gasteiger partial charge in [-0.2, -0.15) is 0 Å². The van der Waals surface area contributed by atoms with Crippen LogP contribution in [0.25, 0.3) is 0 Å². The second kappa shape index (κ2) is 5.26. The normalized spacial score (nSPS) is 29.6. The SMILES string of the molecule is O=C1C2CCN(CC2)C1CCS(=O)(=O)c1ccccn1. The summed E-state index contributed by atoms with van der Waals surface area (Å²) in [4.78, 5) is 18.2. The summed E-state index contributed by atoms with van der Waals surface area (Å²) in [7, 11) is -3.39. The Balaban J connectivity index is 1.69. The third kappa shape index (κ3) is 2.50. The summed E-state index contributed by atoms with van der Waals surface area (Å²) in [5.74, 6) is 0.380. The van der Waals surface area contributed by atoms with Crippen LogP contribution in [0.4, 0.5) is 0 Å². The lowest BCUT2D eigenvalue weighted by atomic mass is 9.81. The van der Waals surface area contributed by atoms with Crippen LogP contribution < -0.4 is 0 Å². The highest BCUT2D eigenvalue weighted by Gasteiger charge is 2.41. The Hall–Kier alpha value is -1.27. The quantitative estimate of drug-likeness (QED) is 0.825. The van der Waals surface area contributed by atoms with Crippen molar-refractivity contribution in [3.8, 4) is 0 Å². The van der Waals surface area contributed by atoms with Crippen molar-refractivity contribution in [3.05, 3.63) is 24.4 Å². The van der Waals surface area contributed by atoms with E-state index in [1.54, 1.807) is 12.1 Å². The summed E-state index contributed by atoms with van der Waals surface area (Å²) in [5, 5.41) is 0.100. The molecule has 1 aromatic heterocycles. The Kier molecular flexibility index (Phi) is 3.60. The Labute approximate surface area is 118 Å². The van der Waals surface area contributed by atoms with Gasteiger partial charge >= 0.3 is 0 Å². The molecule has 0 spiro atoms. The van der Waals surface area contributed by atoms with Crippen LogP contribution in [0.5, 0.6) is 0 Å². The molecule has 3 aliphatic heterocycles. The molecule has 108 valence electrons. The van der Waals surface area contributed by atoms with Crippen molar-refractivity contribution in [1.29, 1.82) is 0 Å². The van der Waals surface area contributed by atoms with Crippen molar-refractivity contribution in [2.45, 2.75) is 30.3 Å². The standard InChI is InChI=1S/C14H18N2O3S/c17-14-11-4-8-16(9-5-11)12(14)6-10-20(18,19)13-3-1-2-7-15-13/h1-3,7,11-12H,4-6,8-10H2. The molecule has 20 heavy (non-hydrogen) atoms. The molecular formula is C14H18N2O3S. The van der Waals surface area contributed by atoms with E-state index in [4.69, 9.17) is 0 Å². The summed E-state index contributed by atoms with van der Waals surface area (Å²) >= 11 is 0. The van der Waals surface area contributed by atoms with Gasteiger partial charge in [0, 0.05) is 12.1 Å². The summed E-state index contributed by atoms with van der Waals surface area (Å²) in [6.45, 7) is 1.84. The molecule has 0 N–H and O–H groups in total. The van der Waals surface area contributed by atoms with Crippen molar-refractivity contribution >= 4 is 15.6 Å². The number of carbonyl (C=O) groups excluding carboxylic acids is 1. The fraction of sp³-hybridized carbons (Fsp3) is 0.571. The van der Waals surface area contributed by atoms with Crippen molar-refractivity contribution in [3.63, 3.8) is 0 Å². The van der Waals surface area contributed by atoms with Gasteiger partial charge in [0.1, 0.15) is 0 Å². The van der Waals surface area contributed by atoms with Gasteiger partial charge in [0.15, 0.2) is 20.6 Å². The van der Waals surface area contributed by atoms with Crippen molar-refractivity contribution in [2.24, 2.45) is 5.92 Å². The highest BCUT2D eigenvalue weighted by molar-refractivity contribution is 7.91. The summed E-state index contributed by atoms with van der Waals surface area (Å²) in [5.41, 5.74) is 0. The van der Waals surface area contributed by atoms with Gasteiger partial charge in [-0.25, -0.2) is 13.4 Å². The van der Waals surface area contributed by atoms with Crippen LogP contribution in [0, 0.1) is 5.92 Å². The zero-order valence-electron chi connectivity index (χ0n) is 11.2. The van der Waals surface area contributed by atoms with Crippen LogP contribution in [0.1, 0.15) is 19.3 Å². The highest BCUT2D eigenvalue weighted by Crippen LogP contribution is 2.30. The lowest BCUT2D eigenvalue weighted by molar-refractivity contribution is -0.136. The molecule has 6 heteroatoms. The second-order valence-corrected chi connectivity index (χ2v) is 7.56. The van der Waals surface area contributed by atoms with Gasteiger partial charge in [-0.15, -0.1) is 0 Å². The first-order valence-corrected chi connectivity index (χ1v) is 8.65. The van der Waals surface area contributed by atoms with Crippen LogP contribution >= 0.6 is 0 Å². The second-order valence-electron chi connectivity index (χ2n) is 5.50. The monoisotopic (exact) mass is 294 g/mol. The minimum absolute atomic E-state index is 0.0103. The predicted molar refractivity (Wildman–Crippen MR) is 74.0 cm³/mol. The Morgan fingerprint density at radius 1 is 1.25 bits per heavy atom. The van der Waals surface area contributed by atoms with Gasteiger partial charge in [0.05, 0.1) is 11.8 Å². The molecule has 4 rings (SSSR count). The van der Waals surface area contributed by atoms with Gasteiger partial charge in [-0.1, -0.05) is 6.07 Å². The van der Waals surface area contributed by atoms with Gasteiger partial charge in [0.2, 0.25) is 0 Å². The maximum Gasteiger partial charge on any atom is 0.195 e. The minimum Gasteiger partial charge on any atom is -0.298 e. The van der Waals surface area contributed by atoms with E-state index in [9.17, 15) is 13.2 Å². The van der Waals surface area contributed by atoms with Gasteiger partial charge in [0.25, 0.3) is 0 Å². The van der Waals surface area contributed by atoms with E-state index in [1.165, 1.54) is 12.3 Å². The molecular weight excluding hydrogens is 276 g/mol. The number of Topliss-reactive ketones (excluding diaryl/α,β-unsaturated/α-hetero) is 1. The van der Waals surface area contributed by atoms with Crippen molar-refractivity contribution in [1.82, 2.24) is 9.88 Å². The Morgan fingerprint density at radius 2 is 2.00 bits per heavy atom. The number of hydrogen-bond acceptors (Lipinski definition) is 5. The Bertz CT molecular complexity index is 592. The predicted octanol–water partition coefficient (Wildman–Crippen LogP) is 0.909. The van der Waals surface area contributed by atoms with E-state index in [-0.39, 0.29) is 28.5 Å². The van der Waals surface area contributed by atoms with E-state index >= 15 is 0 Å². The highest BCUT2D eigenvalue weighted by atomic mass is 32.2. The molecule has 1 aromatic rings. The number of nitrogens with zero attached hydrogens (tertiary/aromatic N) is 2. The number of pyridine rings is 1. The molecule has 1 atom stereocenters. The largest absolute Gasteiger partial charge is 0.298 e. The van der Waals surface area contributed by atoms with E-state index < -0.39 is 9.84 Å². The number of ketones is 1. The number of sulfone groups is 1. The molecule has 0 saturated carbocycles. The number of carbonyl (C=O) groups is 1. The van der Waals surface area contributed by atoms with Crippen LogP contribution in [0.2, 0.25) is 0 Å². The number of hydrogen-bond donors (Lipinski definition) is 0. The summed E-state index contributed by atoms with van der Waals surface area (Å²) in [6.07, 6.45) is 3.73. The molecule has 4 heterocycles. The van der Waals surface area contributed by atoms with Crippen LogP contribution in [-0.4, -0.2) is 49.0 Å². The average molecular weight is 294 g/mol. The number of fused-ring (bicyclic) bond motifs is 3. The first-order chi connectivity index (χ1) is 9.58. The maximum absolute atomic E-state index is 12.2. The number of piperidine rings is 3. The average Bonchev–Trinajstić information content (AvgIpc) is 2.48. The first kappa shape index (κ1) is 13.7. The smallest absolute Gasteiger partial charge is 0.195 e. The molecule has 3 saturated heterocycles. The Morgan fingerprint density at radius 3 is 2.60 bits per heavy atom. The third-order valence-corrected chi connectivity index (χ3v) is 5.97. The molecule has 0 amide bonds. The molecule has 3 fully saturated rings. The lowest BCUT2D eigenvalue weighted by Gasteiger charge is -2.44. The van der Waals surface area contributed by atoms with Gasteiger partial charge in [-0.3, -0.25) is 9.69 Å². The number of aromatic nitrogens is 1. The molecule has 3 aliphatic rings. The van der Waals surface area contributed by atoms with Crippen molar-refractivity contribution < 1.29 is 13.2 Å². The molecule has 1 unspecified atom stereocenters. The topological polar surface area (TPSA) is 67.3 Å². The molecule has 5 nitrogen and oxygen atoms in total.